The summed E-state index contributed by atoms with van der Waals surface area (Å²) in [5, 5.41) is 0. The number of halogens is 3. The Bertz CT molecular complexity index is 438. The molecule has 7 heteroatoms. The van der Waals surface area contributed by atoms with Gasteiger partial charge in [-0.2, -0.15) is 0 Å². The highest BCUT2D eigenvalue weighted by Crippen LogP contribution is 2.30. The molecule has 1 aromatic rings. The van der Waals surface area contributed by atoms with Crippen LogP contribution >= 0.6 is 0 Å². The van der Waals surface area contributed by atoms with Gasteiger partial charge in [-0.3, -0.25) is 9.78 Å². The van der Waals surface area contributed by atoms with Gasteiger partial charge in [-0.25, -0.2) is 13.2 Å². The maximum Gasteiger partial charge on any atom is 0.312 e. The zero-order chi connectivity index (χ0) is 13.7. The number of nitrogens with zero attached hydrogens (tertiary/aromatic N) is 1. The Morgan fingerprint density at radius 2 is 2.17 bits per heavy atom. The lowest BCUT2D eigenvalue weighted by atomic mass is 10.2. The van der Waals surface area contributed by atoms with Gasteiger partial charge in [0.2, 0.25) is 0 Å². The molecule has 0 unspecified atom stereocenters. The van der Waals surface area contributed by atoms with E-state index in [-0.39, 0.29) is 18.7 Å². The Labute approximate surface area is 102 Å². The molecule has 0 bridgehead atoms. The molecule has 4 nitrogen and oxygen atoms in total. The monoisotopic (exact) mass is 263 g/mol. The molecule has 0 atom stereocenters. The molecule has 0 amide bonds. The minimum Gasteiger partial charge on any atom is -0.492 e. The summed E-state index contributed by atoms with van der Waals surface area (Å²) in [6.07, 6.45) is -2.64. The number of pyridine rings is 1. The Balaban J connectivity index is 3.07. The third kappa shape index (κ3) is 3.12. The molecule has 0 aliphatic carbocycles. The van der Waals surface area contributed by atoms with Gasteiger partial charge in [-0.15, -0.1) is 0 Å². The molecule has 0 N–H and O–H groups in total. The van der Waals surface area contributed by atoms with Crippen LogP contribution in [0.1, 0.15) is 24.6 Å². The minimum atomic E-state index is -3.00. The minimum absolute atomic E-state index is 0.0714. The van der Waals surface area contributed by atoms with Crippen LogP contribution in [0, 0.1) is 5.82 Å². The Morgan fingerprint density at radius 1 is 1.50 bits per heavy atom. The Kier molecular flexibility index (Phi) is 4.94. The summed E-state index contributed by atoms with van der Waals surface area (Å²) in [6, 6.07) is 0. The largest absolute Gasteiger partial charge is 0.492 e. The molecule has 0 spiro atoms. The molecule has 0 fully saturated rings. The van der Waals surface area contributed by atoms with Gasteiger partial charge in [-0.1, -0.05) is 0 Å². The molecule has 0 radical (unpaired) electrons. The molecular weight excluding hydrogens is 251 g/mol. The number of alkyl halides is 2. The summed E-state index contributed by atoms with van der Waals surface area (Å²) in [5.41, 5.74) is -0.933. The van der Waals surface area contributed by atoms with E-state index in [4.69, 9.17) is 0 Å². The van der Waals surface area contributed by atoms with Crippen molar-refractivity contribution in [1.29, 1.82) is 0 Å². The number of aromatic nitrogens is 1. The van der Waals surface area contributed by atoms with Gasteiger partial charge in [-0.05, 0) is 6.92 Å². The molecule has 0 saturated heterocycles. The van der Waals surface area contributed by atoms with Gasteiger partial charge in [0.05, 0.1) is 31.4 Å². The van der Waals surface area contributed by atoms with Crippen LogP contribution in [0.3, 0.4) is 0 Å². The van der Waals surface area contributed by atoms with Crippen molar-refractivity contribution < 1.29 is 27.4 Å². The molecule has 0 aromatic carbocycles. The van der Waals surface area contributed by atoms with Crippen molar-refractivity contribution in [1.82, 2.24) is 4.98 Å². The lowest BCUT2D eigenvalue weighted by Gasteiger charge is -2.11. The van der Waals surface area contributed by atoms with E-state index in [1.807, 2.05) is 0 Å². The van der Waals surface area contributed by atoms with E-state index >= 15 is 0 Å². The van der Waals surface area contributed by atoms with Crippen LogP contribution in [-0.4, -0.2) is 24.7 Å². The molecule has 18 heavy (non-hydrogen) atoms. The van der Waals surface area contributed by atoms with Crippen molar-refractivity contribution >= 4 is 5.97 Å². The number of carbonyl (C=O) groups excluding carboxylic acids is 1. The fourth-order valence-corrected chi connectivity index (χ4v) is 1.35. The molecule has 0 aliphatic rings. The van der Waals surface area contributed by atoms with Crippen molar-refractivity contribution in [3.05, 3.63) is 23.3 Å². The Hall–Kier alpha value is -1.79. The van der Waals surface area contributed by atoms with Crippen LogP contribution in [0.5, 0.6) is 5.75 Å². The van der Waals surface area contributed by atoms with Crippen LogP contribution in [0.4, 0.5) is 13.2 Å². The van der Waals surface area contributed by atoms with Crippen LogP contribution in [0.2, 0.25) is 0 Å². The third-order valence-electron chi connectivity index (χ3n) is 2.13. The smallest absolute Gasteiger partial charge is 0.312 e. The van der Waals surface area contributed by atoms with Crippen LogP contribution < -0.4 is 4.74 Å². The lowest BCUT2D eigenvalue weighted by molar-refractivity contribution is -0.142. The predicted octanol–water partition coefficient (Wildman–Crippen LogP) is 2.27. The van der Waals surface area contributed by atoms with Crippen LogP contribution in [0.25, 0.3) is 0 Å². The van der Waals surface area contributed by atoms with Crippen molar-refractivity contribution in [2.45, 2.75) is 19.8 Å². The first-order valence-corrected chi connectivity index (χ1v) is 5.16. The van der Waals surface area contributed by atoms with Crippen LogP contribution in [-0.2, 0) is 16.0 Å². The quantitative estimate of drug-likeness (QED) is 0.765. The highest BCUT2D eigenvalue weighted by atomic mass is 19.3. The van der Waals surface area contributed by atoms with E-state index in [1.165, 1.54) is 0 Å². The molecule has 0 saturated carbocycles. The number of esters is 1. The van der Waals surface area contributed by atoms with Gasteiger partial charge in [0.15, 0.2) is 11.6 Å². The highest BCUT2D eigenvalue weighted by Gasteiger charge is 2.22. The third-order valence-corrected chi connectivity index (χ3v) is 2.13. The average molecular weight is 263 g/mol. The van der Waals surface area contributed by atoms with E-state index in [2.05, 4.69) is 14.5 Å². The molecule has 1 rings (SSSR count). The van der Waals surface area contributed by atoms with E-state index in [1.54, 1.807) is 6.92 Å². The molecule has 1 aromatic heterocycles. The maximum atomic E-state index is 13.6. The van der Waals surface area contributed by atoms with Gasteiger partial charge >= 0.3 is 5.97 Å². The summed E-state index contributed by atoms with van der Waals surface area (Å²) in [6.45, 7) is 1.78. The first-order valence-electron chi connectivity index (χ1n) is 5.16. The Morgan fingerprint density at radius 3 is 2.67 bits per heavy atom. The summed E-state index contributed by atoms with van der Waals surface area (Å²) in [5.74, 6) is -2.30. The topological polar surface area (TPSA) is 48.4 Å². The molecule has 1 heterocycles. The van der Waals surface area contributed by atoms with E-state index < -0.39 is 29.5 Å². The standard InChI is InChI=1S/C11H12F3NO3/c1-3-18-8(16)4-7-10(17-2)9(12)6(5-15-7)11(13)14/h5,11H,3-4H2,1-2H3. The predicted molar refractivity (Wildman–Crippen MR) is 56.0 cm³/mol. The maximum absolute atomic E-state index is 13.6. The van der Waals surface area contributed by atoms with E-state index in [0.717, 1.165) is 7.11 Å². The number of methoxy groups -OCH3 is 1. The van der Waals surface area contributed by atoms with Crippen molar-refractivity contribution in [3.63, 3.8) is 0 Å². The van der Waals surface area contributed by atoms with Gasteiger partial charge < -0.3 is 9.47 Å². The zero-order valence-corrected chi connectivity index (χ0v) is 9.87. The van der Waals surface area contributed by atoms with Crippen molar-refractivity contribution in [3.8, 4) is 5.75 Å². The number of hydrogen-bond donors (Lipinski definition) is 0. The number of carbonyl (C=O) groups is 1. The van der Waals surface area contributed by atoms with Gasteiger partial charge in [0.25, 0.3) is 6.43 Å². The van der Waals surface area contributed by atoms with E-state index in [9.17, 15) is 18.0 Å². The molecule has 0 aliphatic heterocycles. The summed E-state index contributed by atoms with van der Waals surface area (Å²) >= 11 is 0. The summed E-state index contributed by atoms with van der Waals surface area (Å²) in [4.78, 5) is 14.8. The van der Waals surface area contributed by atoms with E-state index in [0.29, 0.717) is 6.20 Å². The number of ether oxygens (including phenoxy) is 2. The fourth-order valence-electron chi connectivity index (χ4n) is 1.35. The fraction of sp³-hybridized carbons (Fsp3) is 0.455. The zero-order valence-electron chi connectivity index (χ0n) is 9.87. The SMILES string of the molecule is CCOC(=O)Cc1ncc(C(F)F)c(F)c1OC. The first-order chi connectivity index (χ1) is 8.51. The normalized spacial score (nSPS) is 10.6. The summed E-state index contributed by atoms with van der Waals surface area (Å²) < 4.78 is 47.8. The lowest BCUT2D eigenvalue weighted by Crippen LogP contribution is -2.11. The second-order valence-electron chi connectivity index (χ2n) is 3.29. The van der Waals surface area contributed by atoms with Gasteiger partial charge in [0.1, 0.15) is 0 Å². The summed E-state index contributed by atoms with van der Waals surface area (Å²) in [7, 11) is 1.12. The van der Waals surface area contributed by atoms with Crippen LogP contribution in [0.15, 0.2) is 6.20 Å². The first kappa shape index (κ1) is 14.3. The number of rotatable bonds is 5. The highest BCUT2D eigenvalue weighted by molar-refractivity contribution is 5.72. The second kappa shape index (κ2) is 6.23. The van der Waals surface area contributed by atoms with Crippen molar-refractivity contribution in [2.75, 3.05) is 13.7 Å². The molecule has 100 valence electrons. The average Bonchev–Trinajstić information content (AvgIpc) is 2.29. The van der Waals surface area contributed by atoms with Gasteiger partial charge in [0, 0.05) is 6.20 Å². The second-order valence-corrected chi connectivity index (χ2v) is 3.29. The van der Waals surface area contributed by atoms with Crippen molar-refractivity contribution in [2.24, 2.45) is 0 Å². The number of hydrogen-bond acceptors (Lipinski definition) is 4. The molecular formula is C11H12F3NO3.